The second-order valence-corrected chi connectivity index (χ2v) is 10.1. The molecule has 1 atom stereocenters. The van der Waals surface area contributed by atoms with Gasteiger partial charge in [0.2, 0.25) is 11.8 Å². The van der Waals surface area contributed by atoms with Crippen molar-refractivity contribution in [1.29, 1.82) is 0 Å². The maximum atomic E-state index is 13.2. The Morgan fingerprint density at radius 1 is 1.24 bits per heavy atom. The van der Waals surface area contributed by atoms with Gasteiger partial charge in [-0.2, -0.15) is 0 Å². The first-order chi connectivity index (χ1) is 13.6. The van der Waals surface area contributed by atoms with Crippen LogP contribution in [0.1, 0.15) is 78.8 Å². The summed E-state index contributed by atoms with van der Waals surface area (Å²) in [5.74, 6) is 0.550. The van der Waals surface area contributed by atoms with Crippen molar-refractivity contribution in [2.45, 2.75) is 85.7 Å². The van der Waals surface area contributed by atoms with E-state index in [1.807, 2.05) is 29.1 Å². The van der Waals surface area contributed by atoms with E-state index in [0.717, 1.165) is 44.3 Å². The highest BCUT2D eigenvalue weighted by Crippen LogP contribution is 2.30. The summed E-state index contributed by atoms with van der Waals surface area (Å²) >= 11 is 0. The van der Waals surface area contributed by atoms with Gasteiger partial charge in [-0.05, 0) is 49.1 Å². The van der Waals surface area contributed by atoms with Gasteiger partial charge in [-0.3, -0.25) is 9.59 Å². The molecule has 0 bridgehead atoms. The second kappa shape index (κ2) is 10.3. The molecule has 29 heavy (non-hydrogen) atoms. The zero-order valence-electron chi connectivity index (χ0n) is 19.4. The first-order valence-electron chi connectivity index (χ1n) is 11.3. The fourth-order valence-corrected chi connectivity index (χ4v) is 4.08. The zero-order valence-corrected chi connectivity index (χ0v) is 19.4. The summed E-state index contributed by atoms with van der Waals surface area (Å²) in [6, 6.07) is 4.33. The molecule has 0 aromatic carbocycles. The number of hydrogen-bond donors (Lipinski definition) is 0. The maximum Gasteiger partial charge on any atom is 0.242 e. The second-order valence-electron chi connectivity index (χ2n) is 10.1. The Hall–Kier alpha value is -1.78. The zero-order chi connectivity index (χ0) is 21.6. The number of amides is 2. The molecule has 164 valence electrons. The van der Waals surface area contributed by atoms with Crippen molar-refractivity contribution in [2.24, 2.45) is 18.4 Å². The van der Waals surface area contributed by atoms with Crippen LogP contribution in [0.25, 0.3) is 0 Å². The Morgan fingerprint density at radius 3 is 2.45 bits per heavy atom. The number of carbonyl (C=O) groups is 2. The monoisotopic (exact) mass is 403 g/mol. The van der Waals surface area contributed by atoms with Crippen molar-refractivity contribution in [1.82, 2.24) is 14.4 Å². The van der Waals surface area contributed by atoms with Crippen molar-refractivity contribution in [3.05, 3.63) is 24.0 Å². The van der Waals surface area contributed by atoms with Crippen molar-refractivity contribution in [2.75, 3.05) is 13.1 Å². The van der Waals surface area contributed by atoms with Gasteiger partial charge in [0.05, 0.1) is 6.54 Å². The SMILES string of the molecule is CCCCN(Cc1cccn1C)C(=O)CN(C(=O)C[C@@H](C)CC(C)(C)C)C1CC1. The van der Waals surface area contributed by atoms with Crippen LogP contribution in [0, 0.1) is 11.3 Å². The molecule has 0 aliphatic heterocycles. The molecular formula is C24H41N3O2. The number of aryl methyl sites for hydroxylation is 1. The summed E-state index contributed by atoms with van der Waals surface area (Å²) in [6.07, 6.45) is 7.64. The first kappa shape index (κ1) is 23.5. The van der Waals surface area contributed by atoms with Crippen LogP contribution in [0.15, 0.2) is 18.3 Å². The molecular weight excluding hydrogens is 362 g/mol. The van der Waals surface area contributed by atoms with E-state index in [1.54, 1.807) is 0 Å². The summed E-state index contributed by atoms with van der Waals surface area (Å²) in [4.78, 5) is 30.0. The van der Waals surface area contributed by atoms with E-state index < -0.39 is 0 Å². The number of unbranched alkanes of at least 4 members (excludes halogenated alkanes) is 1. The fourth-order valence-electron chi connectivity index (χ4n) is 4.08. The van der Waals surface area contributed by atoms with Crippen molar-refractivity contribution < 1.29 is 9.59 Å². The Morgan fingerprint density at radius 2 is 1.93 bits per heavy atom. The topological polar surface area (TPSA) is 45.6 Å². The minimum Gasteiger partial charge on any atom is -0.353 e. The van der Waals surface area contributed by atoms with E-state index in [2.05, 4.69) is 45.3 Å². The van der Waals surface area contributed by atoms with Crippen molar-refractivity contribution in [3.63, 3.8) is 0 Å². The minimum absolute atomic E-state index is 0.0726. The van der Waals surface area contributed by atoms with Gasteiger partial charge >= 0.3 is 0 Å². The molecule has 1 fully saturated rings. The number of carbonyl (C=O) groups excluding carboxylic acids is 2. The highest BCUT2D eigenvalue weighted by atomic mass is 16.2. The van der Waals surface area contributed by atoms with Gasteiger partial charge < -0.3 is 14.4 Å². The quantitative estimate of drug-likeness (QED) is 0.542. The predicted molar refractivity (Wildman–Crippen MR) is 118 cm³/mol. The molecule has 1 heterocycles. The molecule has 1 aliphatic carbocycles. The Kier molecular flexibility index (Phi) is 8.35. The van der Waals surface area contributed by atoms with E-state index in [1.165, 1.54) is 0 Å². The predicted octanol–water partition coefficient (Wildman–Crippen LogP) is 4.61. The van der Waals surface area contributed by atoms with Crippen LogP contribution in [0.4, 0.5) is 0 Å². The van der Waals surface area contributed by atoms with Crippen LogP contribution in [-0.4, -0.2) is 45.3 Å². The summed E-state index contributed by atoms with van der Waals surface area (Å²) in [5.41, 5.74) is 1.34. The number of aromatic nitrogens is 1. The van der Waals surface area contributed by atoms with E-state index in [9.17, 15) is 9.59 Å². The first-order valence-corrected chi connectivity index (χ1v) is 11.3. The minimum atomic E-state index is 0.0726. The average Bonchev–Trinajstić information content (AvgIpc) is 3.37. The average molecular weight is 404 g/mol. The third kappa shape index (κ3) is 7.87. The summed E-state index contributed by atoms with van der Waals surface area (Å²) in [7, 11) is 2.01. The molecule has 5 nitrogen and oxygen atoms in total. The molecule has 0 radical (unpaired) electrons. The summed E-state index contributed by atoms with van der Waals surface area (Å²) in [6.45, 7) is 12.5. The molecule has 0 saturated heterocycles. The van der Waals surface area contributed by atoms with Crippen molar-refractivity contribution in [3.8, 4) is 0 Å². The fraction of sp³-hybridized carbons (Fsp3) is 0.750. The highest BCUT2D eigenvalue weighted by Gasteiger charge is 2.35. The molecule has 0 N–H and O–H groups in total. The maximum absolute atomic E-state index is 13.2. The van der Waals surface area contributed by atoms with Gasteiger partial charge in [-0.25, -0.2) is 0 Å². The van der Waals surface area contributed by atoms with Crippen LogP contribution < -0.4 is 0 Å². The van der Waals surface area contributed by atoms with Crippen LogP contribution in [0.3, 0.4) is 0 Å². The number of nitrogens with zero attached hydrogens (tertiary/aromatic N) is 3. The molecule has 1 aliphatic rings. The van der Waals surface area contributed by atoms with Crippen LogP contribution in [0.5, 0.6) is 0 Å². The summed E-state index contributed by atoms with van der Waals surface area (Å²) < 4.78 is 2.06. The van der Waals surface area contributed by atoms with Crippen LogP contribution in [0.2, 0.25) is 0 Å². The summed E-state index contributed by atoms with van der Waals surface area (Å²) in [5, 5.41) is 0. The van der Waals surface area contributed by atoms with Gasteiger partial charge in [0.15, 0.2) is 0 Å². The lowest BCUT2D eigenvalue weighted by Crippen LogP contribution is -2.44. The van der Waals surface area contributed by atoms with E-state index in [4.69, 9.17) is 0 Å². The van der Waals surface area contributed by atoms with Gasteiger partial charge in [-0.1, -0.05) is 41.0 Å². The van der Waals surface area contributed by atoms with Crippen molar-refractivity contribution >= 4 is 11.8 Å². The lowest BCUT2D eigenvalue weighted by molar-refractivity contribution is -0.142. The van der Waals surface area contributed by atoms with Gasteiger partial charge in [-0.15, -0.1) is 0 Å². The van der Waals surface area contributed by atoms with Gasteiger partial charge in [0.1, 0.15) is 6.54 Å². The molecule has 0 unspecified atom stereocenters. The van der Waals surface area contributed by atoms with Crippen LogP contribution in [-0.2, 0) is 23.2 Å². The molecule has 1 aromatic heterocycles. The van der Waals surface area contributed by atoms with E-state index in [-0.39, 0.29) is 29.8 Å². The van der Waals surface area contributed by atoms with E-state index >= 15 is 0 Å². The third-order valence-corrected chi connectivity index (χ3v) is 5.64. The Balaban J connectivity index is 2.01. The normalized spacial score (nSPS) is 15.2. The van der Waals surface area contributed by atoms with Gasteiger partial charge in [0, 0.05) is 37.9 Å². The lowest BCUT2D eigenvalue weighted by atomic mass is 9.84. The van der Waals surface area contributed by atoms with Gasteiger partial charge in [0.25, 0.3) is 0 Å². The number of rotatable bonds is 11. The van der Waals surface area contributed by atoms with E-state index in [0.29, 0.717) is 18.9 Å². The van der Waals surface area contributed by atoms with Crippen LogP contribution >= 0.6 is 0 Å². The lowest BCUT2D eigenvalue weighted by Gasteiger charge is -2.29. The molecule has 2 amide bonds. The Labute approximate surface area is 177 Å². The number of hydrogen-bond acceptors (Lipinski definition) is 2. The largest absolute Gasteiger partial charge is 0.353 e. The Bertz CT molecular complexity index is 670. The smallest absolute Gasteiger partial charge is 0.242 e. The molecule has 1 saturated carbocycles. The third-order valence-electron chi connectivity index (χ3n) is 5.64. The molecule has 2 rings (SSSR count). The highest BCUT2D eigenvalue weighted by molar-refractivity contribution is 5.85. The molecule has 1 aromatic rings. The molecule has 5 heteroatoms. The standard InChI is InChI=1S/C24H41N3O2/c1-7-8-14-26(17-21-10-9-13-25(21)6)23(29)18-27(20-11-12-20)22(28)15-19(2)16-24(3,4)5/h9-10,13,19-20H,7-8,11-12,14-18H2,1-6H3/t19-/m1/s1. The molecule has 0 spiro atoms.